The van der Waals surface area contributed by atoms with E-state index in [2.05, 4.69) is 46.6 Å². The van der Waals surface area contributed by atoms with Crippen molar-refractivity contribution in [1.29, 1.82) is 0 Å². The minimum absolute atomic E-state index is 0.107. The van der Waals surface area contributed by atoms with E-state index in [1.807, 2.05) is 31.3 Å². The number of nitrogens with one attached hydrogen (secondary N) is 1. The van der Waals surface area contributed by atoms with Crippen LogP contribution in [0.2, 0.25) is 5.02 Å². The second-order valence-electron chi connectivity index (χ2n) is 6.89. The number of halogens is 1. The maximum Gasteiger partial charge on any atom is 0.234 e. The number of nitrogens with zero attached hydrogens (tertiary/aromatic N) is 3. The number of hydrogen-bond donors (Lipinski definition) is 1. The molecule has 0 unspecified atom stereocenters. The molecule has 4 aromatic rings. The molecule has 0 aliphatic rings. The topological polar surface area (TPSA) is 59.3 Å². The number of carbonyl (C=O) groups excluding carboxylic acids is 1. The van der Waals surface area contributed by atoms with Crippen LogP contribution in [0.5, 0.6) is 0 Å². The van der Waals surface area contributed by atoms with Crippen LogP contribution in [0.25, 0.3) is 16.8 Å². The summed E-state index contributed by atoms with van der Waals surface area (Å²) in [7, 11) is 0. The Kier molecular flexibility index (Phi) is 6.06. The highest BCUT2D eigenvalue weighted by Gasteiger charge is 2.12. The Hall–Kier alpha value is -2.83. The predicted octanol–water partition coefficient (Wildman–Crippen LogP) is 5.65. The van der Waals surface area contributed by atoms with Crippen molar-refractivity contribution in [2.45, 2.75) is 25.3 Å². The van der Waals surface area contributed by atoms with Crippen molar-refractivity contribution in [2.24, 2.45) is 0 Å². The van der Waals surface area contributed by atoms with Gasteiger partial charge in [-0.2, -0.15) is 5.10 Å². The summed E-state index contributed by atoms with van der Waals surface area (Å²) < 4.78 is 1.80. The van der Waals surface area contributed by atoms with Gasteiger partial charge in [-0.05, 0) is 42.7 Å². The lowest BCUT2D eigenvalue weighted by molar-refractivity contribution is -0.113. The van der Waals surface area contributed by atoms with Crippen LogP contribution in [0, 0.1) is 6.92 Å². The third kappa shape index (κ3) is 4.35. The van der Waals surface area contributed by atoms with Crippen LogP contribution in [0.15, 0.2) is 66.0 Å². The molecular formula is C23H21ClN4OS. The van der Waals surface area contributed by atoms with Gasteiger partial charge in [0.15, 0.2) is 0 Å². The SMILES string of the molecule is CCc1ccc(-c2cc3c(SCC(=O)Nc4cccc(Cl)c4C)nccn3n2)cc1. The molecule has 0 spiro atoms. The van der Waals surface area contributed by atoms with Gasteiger partial charge in [0.1, 0.15) is 5.03 Å². The van der Waals surface area contributed by atoms with E-state index in [1.165, 1.54) is 17.3 Å². The highest BCUT2D eigenvalue weighted by molar-refractivity contribution is 8.00. The van der Waals surface area contributed by atoms with Crippen molar-refractivity contribution in [1.82, 2.24) is 14.6 Å². The van der Waals surface area contributed by atoms with Crippen LogP contribution in [-0.2, 0) is 11.2 Å². The van der Waals surface area contributed by atoms with E-state index in [9.17, 15) is 4.79 Å². The summed E-state index contributed by atoms with van der Waals surface area (Å²) in [6, 6.07) is 15.9. The highest BCUT2D eigenvalue weighted by atomic mass is 35.5. The van der Waals surface area contributed by atoms with Crippen molar-refractivity contribution in [2.75, 3.05) is 11.1 Å². The number of amides is 1. The minimum Gasteiger partial charge on any atom is -0.325 e. The summed E-state index contributed by atoms with van der Waals surface area (Å²) in [5, 5.41) is 8.97. The minimum atomic E-state index is -0.107. The Balaban J connectivity index is 1.50. The van der Waals surface area contributed by atoms with Crippen LogP contribution in [0.1, 0.15) is 18.1 Å². The van der Waals surface area contributed by atoms with E-state index >= 15 is 0 Å². The molecule has 4 rings (SSSR count). The van der Waals surface area contributed by atoms with Crippen LogP contribution in [0.3, 0.4) is 0 Å². The molecule has 2 heterocycles. The van der Waals surface area contributed by atoms with E-state index in [-0.39, 0.29) is 11.7 Å². The van der Waals surface area contributed by atoms with Crippen LogP contribution < -0.4 is 5.32 Å². The Morgan fingerprint density at radius 2 is 2.00 bits per heavy atom. The first-order chi connectivity index (χ1) is 14.5. The second-order valence-corrected chi connectivity index (χ2v) is 8.26. The lowest BCUT2D eigenvalue weighted by atomic mass is 10.1. The number of thioether (sulfide) groups is 1. The predicted molar refractivity (Wildman–Crippen MR) is 123 cm³/mol. The van der Waals surface area contributed by atoms with Crippen molar-refractivity contribution < 1.29 is 4.79 Å². The Morgan fingerprint density at radius 3 is 2.77 bits per heavy atom. The lowest BCUT2D eigenvalue weighted by Crippen LogP contribution is -2.15. The van der Waals surface area contributed by atoms with Crippen LogP contribution >= 0.6 is 23.4 Å². The number of hydrogen-bond acceptors (Lipinski definition) is 4. The Bertz CT molecular complexity index is 1200. The molecule has 0 fully saturated rings. The van der Waals surface area contributed by atoms with Gasteiger partial charge in [-0.3, -0.25) is 4.79 Å². The average Bonchev–Trinajstić information content (AvgIpc) is 3.20. The molecule has 0 aliphatic carbocycles. The van der Waals surface area contributed by atoms with Gasteiger partial charge in [-0.25, -0.2) is 9.50 Å². The maximum absolute atomic E-state index is 12.4. The Morgan fingerprint density at radius 1 is 1.20 bits per heavy atom. The van der Waals surface area contributed by atoms with Crippen molar-refractivity contribution in [3.63, 3.8) is 0 Å². The molecule has 0 saturated heterocycles. The van der Waals surface area contributed by atoms with Crippen molar-refractivity contribution in [3.05, 3.63) is 77.1 Å². The Labute approximate surface area is 184 Å². The molecule has 0 bridgehead atoms. The fourth-order valence-electron chi connectivity index (χ4n) is 3.12. The van der Waals surface area contributed by atoms with Gasteiger partial charge >= 0.3 is 0 Å². The molecule has 0 radical (unpaired) electrons. The molecule has 7 heteroatoms. The summed E-state index contributed by atoms with van der Waals surface area (Å²) in [6.45, 7) is 4.02. The molecule has 0 saturated carbocycles. The zero-order valence-corrected chi connectivity index (χ0v) is 18.3. The third-order valence-electron chi connectivity index (χ3n) is 4.89. The van der Waals surface area contributed by atoms with E-state index in [4.69, 9.17) is 11.6 Å². The van der Waals surface area contributed by atoms with Crippen molar-refractivity contribution in [3.8, 4) is 11.3 Å². The highest BCUT2D eigenvalue weighted by Crippen LogP contribution is 2.27. The second kappa shape index (κ2) is 8.90. The molecular weight excluding hydrogens is 416 g/mol. The van der Waals surface area contributed by atoms with E-state index < -0.39 is 0 Å². The first-order valence-electron chi connectivity index (χ1n) is 9.66. The summed E-state index contributed by atoms with van der Waals surface area (Å²) in [5.41, 5.74) is 5.69. The zero-order valence-electron chi connectivity index (χ0n) is 16.7. The summed E-state index contributed by atoms with van der Waals surface area (Å²) in [6.07, 6.45) is 4.52. The van der Waals surface area contributed by atoms with E-state index in [1.54, 1.807) is 16.8 Å². The molecule has 1 amide bonds. The first kappa shape index (κ1) is 20.4. The normalized spacial score (nSPS) is 11.0. The number of aryl methyl sites for hydroxylation is 1. The number of carbonyl (C=O) groups is 1. The fourth-order valence-corrected chi connectivity index (χ4v) is 4.07. The van der Waals surface area contributed by atoms with Crippen molar-refractivity contribution >= 4 is 40.5 Å². The number of benzene rings is 2. The summed E-state index contributed by atoms with van der Waals surface area (Å²) in [4.78, 5) is 16.9. The average molecular weight is 437 g/mol. The summed E-state index contributed by atoms with van der Waals surface area (Å²) in [5.74, 6) is 0.133. The summed E-state index contributed by atoms with van der Waals surface area (Å²) >= 11 is 7.51. The number of fused-ring (bicyclic) bond motifs is 1. The lowest BCUT2D eigenvalue weighted by Gasteiger charge is -2.09. The van der Waals surface area contributed by atoms with E-state index in [0.29, 0.717) is 5.02 Å². The standard InChI is InChI=1S/C23H21ClN4OS/c1-3-16-7-9-17(10-8-16)20-13-21-23(25-11-12-28(21)27-20)30-14-22(29)26-19-6-4-5-18(24)15(19)2/h4-13H,3,14H2,1-2H3,(H,26,29). The van der Waals surface area contributed by atoms with Gasteiger partial charge in [0, 0.05) is 28.7 Å². The van der Waals surface area contributed by atoms with Gasteiger partial charge < -0.3 is 5.32 Å². The molecule has 1 N–H and O–H groups in total. The van der Waals surface area contributed by atoms with Crippen LogP contribution in [0.4, 0.5) is 5.69 Å². The molecule has 30 heavy (non-hydrogen) atoms. The van der Waals surface area contributed by atoms with Gasteiger partial charge in [-0.1, -0.05) is 60.6 Å². The number of rotatable bonds is 6. The zero-order chi connectivity index (χ0) is 21.1. The van der Waals surface area contributed by atoms with E-state index in [0.717, 1.165) is 39.5 Å². The van der Waals surface area contributed by atoms with Crippen LogP contribution in [-0.4, -0.2) is 26.3 Å². The molecule has 0 aliphatic heterocycles. The quantitative estimate of drug-likeness (QED) is 0.397. The van der Waals surface area contributed by atoms with Gasteiger partial charge in [0.2, 0.25) is 5.91 Å². The largest absolute Gasteiger partial charge is 0.325 e. The molecule has 0 atom stereocenters. The maximum atomic E-state index is 12.4. The number of anilines is 1. The molecule has 152 valence electrons. The number of aromatic nitrogens is 3. The fraction of sp³-hybridized carbons (Fsp3) is 0.174. The monoisotopic (exact) mass is 436 g/mol. The first-order valence-corrected chi connectivity index (χ1v) is 11.0. The van der Waals surface area contributed by atoms with Gasteiger partial charge in [0.25, 0.3) is 0 Å². The molecule has 2 aromatic carbocycles. The smallest absolute Gasteiger partial charge is 0.234 e. The van der Waals surface area contributed by atoms with Gasteiger partial charge in [0.05, 0.1) is 17.0 Å². The third-order valence-corrected chi connectivity index (χ3v) is 6.30. The van der Waals surface area contributed by atoms with Gasteiger partial charge in [-0.15, -0.1) is 0 Å². The molecule has 5 nitrogen and oxygen atoms in total. The molecule has 2 aromatic heterocycles.